The average molecular weight is 204 g/mol. The van der Waals surface area contributed by atoms with Crippen LogP contribution in [-0.4, -0.2) is 15.8 Å². The highest BCUT2D eigenvalue weighted by atomic mass is 35.5. The maximum atomic E-state index is 11.4. The van der Waals surface area contributed by atoms with Crippen molar-refractivity contribution in [2.24, 2.45) is 0 Å². The lowest BCUT2D eigenvalue weighted by molar-refractivity contribution is 0.684. The van der Waals surface area contributed by atoms with Crippen molar-refractivity contribution in [2.75, 3.05) is 17.4 Å². The lowest BCUT2D eigenvalue weighted by Crippen LogP contribution is -2.02. The first-order valence-electron chi connectivity index (χ1n) is 3.54. The normalized spacial score (nSPS) is 12.8. The fourth-order valence-electron chi connectivity index (χ4n) is 0.868. The number of halogens is 1. The lowest BCUT2D eigenvalue weighted by atomic mass is 10.3. The molecule has 0 radical (unpaired) electrons. The van der Waals surface area contributed by atoms with E-state index in [1.54, 1.807) is 12.1 Å². The molecule has 4 heteroatoms. The number of hydrogen-bond donors (Lipinski definition) is 1. The molecule has 0 aliphatic heterocycles. The summed E-state index contributed by atoms with van der Waals surface area (Å²) in [6, 6.07) is 7.13. The molecular weight excluding hydrogens is 194 g/mol. The van der Waals surface area contributed by atoms with Crippen LogP contribution >= 0.6 is 11.6 Å². The number of anilines is 1. The van der Waals surface area contributed by atoms with Crippen molar-refractivity contribution < 1.29 is 4.21 Å². The molecule has 0 aromatic heterocycles. The van der Waals surface area contributed by atoms with Crippen LogP contribution in [0.5, 0.6) is 0 Å². The maximum Gasteiger partial charge on any atom is 0.0617 e. The summed E-state index contributed by atoms with van der Waals surface area (Å²) in [6.07, 6.45) is 0. The third kappa shape index (κ3) is 2.22. The topological polar surface area (TPSA) is 43.1 Å². The van der Waals surface area contributed by atoms with Gasteiger partial charge in [0, 0.05) is 17.3 Å². The van der Waals surface area contributed by atoms with Crippen molar-refractivity contribution in [1.29, 1.82) is 0 Å². The Hall–Kier alpha value is -0.540. The first kappa shape index (κ1) is 9.55. The molecule has 2 N–H and O–H groups in total. The monoisotopic (exact) mass is 203 g/mol. The Morgan fingerprint density at radius 1 is 1.42 bits per heavy atom. The molecule has 2 nitrogen and oxygen atoms in total. The molecular formula is C8H10ClNOS. The van der Waals surface area contributed by atoms with Crippen molar-refractivity contribution in [1.82, 2.24) is 0 Å². The van der Waals surface area contributed by atoms with E-state index in [4.69, 9.17) is 17.3 Å². The van der Waals surface area contributed by atoms with Gasteiger partial charge in [0.25, 0.3) is 0 Å². The van der Waals surface area contributed by atoms with Crippen molar-refractivity contribution in [2.45, 2.75) is 4.90 Å². The Morgan fingerprint density at radius 2 is 2.08 bits per heavy atom. The molecule has 0 fully saturated rings. The van der Waals surface area contributed by atoms with Crippen molar-refractivity contribution in [3.05, 3.63) is 24.3 Å². The second-order valence-electron chi connectivity index (χ2n) is 2.28. The Kier molecular flexibility index (Phi) is 3.56. The third-order valence-corrected chi connectivity index (χ3v) is 3.28. The summed E-state index contributed by atoms with van der Waals surface area (Å²) in [6.45, 7) is 0. The standard InChI is InChI=1S/C8H10ClNOS/c9-5-6-12(11)8-4-2-1-3-7(8)10/h1-4H,5-6,10H2. The minimum Gasteiger partial charge on any atom is -0.398 e. The molecule has 0 aliphatic rings. The Morgan fingerprint density at radius 3 is 2.67 bits per heavy atom. The number of nitrogen functional groups attached to an aromatic ring is 1. The SMILES string of the molecule is Nc1ccccc1S(=O)CCCl. The predicted octanol–water partition coefficient (Wildman–Crippen LogP) is 1.62. The van der Waals surface area contributed by atoms with Gasteiger partial charge in [0.15, 0.2) is 0 Å². The number of nitrogens with two attached hydrogens (primary N) is 1. The molecule has 1 aromatic rings. The zero-order chi connectivity index (χ0) is 8.97. The summed E-state index contributed by atoms with van der Waals surface area (Å²) in [5.74, 6) is 0.844. The minimum absolute atomic E-state index is 0.390. The van der Waals surface area contributed by atoms with Gasteiger partial charge in [-0.2, -0.15) is 0 Å². The van der Waals surface area contributed by atoms with Gasteiger partial charge >= 0.3 is 0 Å². The van der Waals surface area contributed by atoms with Gasteiger partial charge in [-0.25, -0.2) is 0 Å². The van der Waals surface area contributed by atoms with Gasteiger partial charge in [0.2, 0.25) is 0 Å². The van der Waals surface area contributed by atoms with Crippen molar-refractivity contribution in [3.8, 4) is 0 Å². The predicted molar refractivity (Wildman–Crippen MR) is 52.8 cm³/mol. The molecule has 0 spiro atoms. The van der Waals surface area contributed by atoms with Gasteiger partial charge in [0.1, 0.15) is 0 Å². The molecule has 66 valence electrons. The Balaban J connectivity index is 2.87. The van der Waals surface area contributed by atoms with Gasteiger partial charge < -0.3 is 5.73 Å². The zero-order valence-electron chi connectivity index (χ0n) is 6.50. The van der Waals surface area contributed by atoms with Gasteiger partial charge in [-0.15, -0.1) is 11.6 Å². The summed E-state index contributed by atoms with van der Waals surface area (Å²) in [5.41, 5.74) is 6.19. The largest absolute Gasteiger partial charge is 0.398 e. The van der Waals surface area contributed by atoms with Crippen LogP contribution in [0.2, 0.25) is 0 Å². The summed E-state index contributed by atoms with van der Waals surface area (Å²) < 4.78 is 11.4. The minimum atomic E-state index is -1.05. The van der Waals surface area contributed by atoms with E-state index in [0.29, 0.717) is 22.2 Å². The van der Waals surface area contributed by atoms with E-state index in [1.807, 2.05) is 12.1 Å². The van der Waals surface area contributed by atoms with E-state index in [-0.39, 0.29) is 0 Å². The highest BCUT2D eigenvalue weighted by Crippen LogP contribution is 2.15. The van der Waals surface area contributed by atoms with E-state index in [1.165, 1.54) is 0 Å². The number of rotatable bonds is 3. The molecule has 0 aliphatic carbocycles. The third-order valence-electron chi connectivity index (χ3n) is 1.43. The molecule has 0 bridgehead atoms. The smallest absolute Gasteiger partial charge is 0.0617 e. The van der Waals surface area contributed by atoms with Crippen LogP contribution in [0.3, 0.4) is 0 Å². The number of hydrogen-bond acceptors (Lipinski definition) is 2. The van der Waals surface area contributed by atoms with Gasteiger partial charge in [-0.05, 0) is 12.1 Å². The van der Waals surface area contributed by atoms with E-state index in [0.717, 1.165) is 0 Å². The molecule has 0 saturated heterocycles. The van der Waals surface area contributed by atoms with Crippen LogP contribution in [0.4, 0.5) is 5.69 Å². The van der Waals surface area contributed by atoms with Crippen molar-refractivity contribution in [3.63, 3.8) is 0 Å². The van der Waals surface area contributed by atoms with Gasteiger partial charge in [0.05, 0.1) is 15.7 Å². The molecule has 1 unspecified atom stereocenters. The van der Waals surface area contributed by atoms with Crippen LogP contribution < -0.4 is 5.73 Å². The molecule has 0 heterocycles. The van der Waals surface area contributed by atoms with E-state index >= 15 is 0 Å². The lowest BCUT2D eigenvalue weighted by Gasteiger charge is -2.02. The van der Waals surface area contributed by atoms with E-state index < -0.39 is 10.8 Å². The number of benzene rings is 1. The van der Waals surface area contributed by atoms with Crippen LogP contribution in [0.25, 0.3) is 0 Å². The van der Waals surface area contributed by atoms with Crippen LogP contribution in [0.15, 0.2) is 29.2 Å². The quantitative estimate of drug-likeness (QED) is 0.599. The second-order valence-corrected chi connectivity index (χ2v) is 4.19. The molecule has 1 rings (SSSR count). The summed E-state index contributed by atoms with van der Waals surface area (Å²) >= 11 is 5.46. The fourth-order valence-corrected chi connectivity index (χ4v) is 2.21. The highest BCUT2D eigenvalue weighted by molar-refractivity contribution is 7.85. The van der Waals surface area contributed by atoms with Crippen LogP contribution in [0, 0.1) is 0 Å². The summed E-state index contributed by atoms with van der Waals surface area (Å²) in [7, 11) is -1.05. The average Bonchev–Trinajstić information content (AvgIpc) is 2.05. The number of para-hydroxylation sites is 1. The summed E-state index contributed by atoms with van der Waals surface area (Å²) in [4.78, 5) is 0.679. The Bertz CT molecular complexity index is 290. The first-order valence-corrected chi connectivity index (χ1v) is 5.40. The fraction of sp³-hybridized carbons (Fsp3) is 0.250. The van der Waals surface area contributed by atoms with Crippen molar-refractivity contribution >= 4 is 28.1 Å². The molecule has 0 saturated carbocycles. The van der Waals surface area contributed by atoms with E-state index in [2.05, 4.69) is 0 Å². The number of alkyl halides is 1. The van der Waals surface area contributed by atoms with Crippen LogP contribution in [-0.2, 0) is 10.8 Å². The molecule has 12 heavy (non-hydrogen) atoms. The molecule has 1 atom stereocenters. The van der Waals surface area contributed by atoms with E-state index in [9.17, 15) is 4.21 Å². The Labute approximate surface area is 79.2 Å². The summed E-state index contributed by atoms with van der Waals surface area (Å²) in [5, 5.41) is 0. The zero-order valence-corrected chi connectivity index (χ0v) is 8.07. The second kappa shape index (κ2) is 4.48. The van der Waals surface area contributed by atoms with Gasteiger partial charge in [-0.3, -0.25) is 4.21 Å². The maximum absolute atomic E-state index is 11.4. The highest BCUT2D eigenvalue weighted by Gasteiger charge is 2.05. The first-order chi connectivity index (χ1) is 5.75. The van der Waals surface area contributed by atoms with Crippen LogP contribution in [0.1, 0.15) is 0 Å². The van der Waals surface area contributed by atoms with Gasteiger partial charge in [-0.1, -0.05) is 12.1 Å². The molecule has 1 aromatic carbocycles. The molecule has 0 amide bonds.